The Labute approximate surface area is 114 Å². The number of rotatable bonds is 4. The zero-order valence-electron chi connectivity index (χ0n) is 11.3. The highest BCUT2D eigenvalue weighted by Gasteiger charge is 2.13. The van der Waals surface area contributed by atoms with E-state index >= 15 is 0 Å². The van der Waals surface area contributed by atoms with Crippen LogP contribution in [0, 0.1) is 6.92 Å². The van der Waals surface area contributed by atoms with Crippen molar-refractivity contribution in [2.75, 3.05) is 11.9 Å². The first-order chi connectivity index (χ1) is 9.28. The van der Waals surface area contributed by atoms with Crippen molar-refractivity contribution in [3.8, 4) is 5.69 Å². The van der Waals surface area contributed by atoms with Crippen LogP contribution in [0.15, 0.2) is 37.1 Å². The van der Waals surface area contributed by atoms with E-state index in [1.165, 1.54) is 36.1 Å². The fraction of sp³-hybridized carbons (Fsp3) is 0.312. The molecule has 0 unspecified atom stereocenters. The molecule has 1 heterocycles. The van der Waals surface area contributed by atoms with Crippen LogP contribution in [-0.4, -0.2) is 16.1 Å². The van der Waals surface area contributed by atoms with Crippen molar-refractivity contribution in [3.05, 3.63) is 53.9 Å². The van der Waals surface area contributed by atoms with Gasteiger partial charge in [-0.05, 0) is 49.4 Å². The summed E-state index contributed by atoms with van der Waals surface area (Å²) in [7, 11) is 0. The van der Waals surface area contributed by atoms with Gasteiger partial charge < -0.3 is 5.32 Å². The summed E-state index contributed by atoms with van der Waals surface area (Å²) in [4.78, 5) is 4.52. The smallest absolute Gasteiger partial charge is 0.207 e. The SMILES string of the molecule is C=CCNc1nc(C)cn1-c1ccc2c(c1)CCC2. The summed E-state index contributed by atoms with van der Waals surface area (Å²) in [5.74, 6) is 0.885. The molecule has 1 aromatic carbocycles. The molecule has 98 valence electrons. The summed E-state index contributed by atoms with van der Waals surface area (Å²) < 4.78 is 2.12. The van der Waals surface area contributed by atoms with Crippen LogP contribution < -0.4 is 5.32 Å². The second kappa shape index (κ2) is 4.92. The summed E-state index contributed by atoms with van der Waals surface area (Å²) in [5, 5.41) is 3.28. The van der Waals surface area contributed by atoms with E-state index in [0.717, 1.165) is 18.2 Å². The van der Waals surface area contributed by atoms with Gasteiger partial charge in [0.1, 0.15) is 0 Å². The van der Waals surface area contributed by atoms with Crippen LogP contribution in [0.25, 0.3) is 5.69 Å². The molecule has 3 heteroatoms. The van der Waals surface area contributed by atoms with Gasteiger partial charge in [-0.25, -0.2) is 4.98 Å². The molecular weight excluding hydrogens is 234 g/mol. The minimum absolute atomic E-state index is 0.724. The molecule has 0 atom stereocenters. The summed E-state index contributed by atoms with van der Waals surface area (Å²) >= 11 is 0. The van der Waals surface area contributed by atoms with E-state index in [2.05, 4.69) is 45.8 Å². The van der Waals surface area contributed by atoms with E-state index in [1.54, 1.807) is 0 Å². The number of imidazole rings is 1. The fourth-order valence-electron chi connectivity index (χ4n) is 2.69. The number of hydrogen-bond donors (Lipinski definition) is 1. The third-order valence-electron chi connectivity index (χ3n) is 3.59. The lowest BCUT2D eigenvalue weighted by Crippen LogP contribution is -2.05. The lowest BCUT2D eigenvalue weighted by Gasteiger charge is -2.10. The van der Waals surface area contributed by atoms with Gasteiger partial charge in [-0.15, -0.1) is 6.58 Å². The van der Waals surface area contributed by atoms with Crippen LogP contribution in [-0.2, 0) is 12.8 Å². The number of aryl methyl sites for hydroxylation is 3. The topological polar surface area (TPSA) is 29.9 Å². The largest absolute Gasteiger partial charge is 0.352 e. The Balaban J connectivity index is 1.99. The van der Waals surface area contributed by atoms with E-state index < -0.39 is 0 Å². The number of nitrogens with one attached hydrogen (secondary N) is 1. The molecule has 1 aliphatic carbocycles. The molecule has 0 spiro atoms. The van der Waals surface area contributed by atoms with Crippen LogP contribution in [0.3, 0.4) is 0 Å². The predicted molar refractivity (Wildman–Crippen MR) is 79.0 cm³/mol. The molecule has 0 aliphatic heterocycles. The van der Waals surface area contributed by atoms with Crippen LogP contribution >= 0.6 is 0 Å². The minimum Gasteiger partial charge on any atom is -0.352 e. The molecule has 1 N–H and O–H groups in total. The molecule has 0 radical (unpaired) electrons. The Kier molecular flexibility index (Phi) is 3.11. The zero-order chi connectivity index (χ0) is 13.2. The first-order valence-corrected chi connectivity index (χ1v) is 6.81. The quantitative estimate of drug-likeness (QED) is 0.848. The minimum atomic E-state index is 0.724. The fourth-order valence-corrected chi connectivity index (χ4v) is 2.69. The molecule has 19 heavy (non-hydrogen) atoms. The van der Waals surface area contributed by atoms with Gasteiger partial charge in [0.25, 0.3) is 0 Å². The van der Waals surface area contributed by atoms with Crippen molar-refractivity contribution in [3.63, 3.8) is 0 Å². The molecule has 0 saturated carbocycles. The Morgan fingerprint density at radius 1 is 1.37 bits per heavy atom. The monoisotopic (exact) mass is 253 g/mol. The van der Waals surface area contributed by atoms with Gasteiger partial charge >= 0.3 is 0 Å². The predicted octanol–water partition coefficient (Wildman–Crippen LogP) is 3.27. The van der Waals surface area contributed by atoms with E-state index in [-0.39, 0.29) is 0 Å². The highest BCUT2D eigenvalue weighted by Crippen LogP contribution is 2.26. The molecule has 3 rings (SSSR count). The summed E-state index contributed by atoms with van der Waals surface area (Å²) in [6, 6.07) is 6.73. The first-order valence-electron chi connectivity index (χ1n) is 6.81. The van der Waals surface area contributed by atoms with E-state index in [4.69, 9.17) is 0 Å². The van der Waals surface area contributed by atoms with Crippen molar-refractivity contribution in [2.45, 2.75) is 26.2 Å². The first kappa shape index (κ1) is 12.0. The van der Waals surface area contributed by atoms with Crippen LogP contribution in [0.4, 0.5) is 5.95 Å². The average molecular weight is 253 g/mol. The normalized spacial score (nSPS) is 13.3. The zero-order valence-corrected chi connectivity index (χ0v) is 11.3. The molecule has 0 bridgehead atoms. The standard InChI is InChI=1S/C16H19N3/c1-3-9-17-16-18-12(2)11-19(16)15-8-7-13-5-4-6-14(13)10-15/h3,7-8,10-11H,1,4-6,9H2,2H3,(H,17,18). The Morgan fingerprint density at radius 3 is 3.05 bits per heavy atom. The molecular formula is C16H19N3. The Morgan fingerprint density at radius 2 is 2.21 bits per heavy atom. The number of fused-ring (bicyclic) bond motifs is 1. The molecule has 1 aromatic heterocycles. The number of nitrogens with zero attached hydrogens (tertiary/aromatic N) is 2. The van der Waals surface area contributed by atoms with Crippen LogP contribution in [0.5, 0.6) is 0 Å². The van der Waals surface area contributed by atoms with Gasteiger partial charge in [0.15, 0.2) is 0 Å². The van der Waals surface area contributed by atoms with Crippen LogP contribution in [0.1, 0.15) is 23.2 Å². The second-order valence-corrected chi connectivity index (χ2v) is 5.05. The van der Waals surface area contributed by atoms with Gasteiger partial charge in [0, 0.05) is 18.4 Å². The maximum Gasteiger partial charge on any atom is 0.207 e. The van der Waals surface area contributed by atoms with Crippen molar-refractivity contribution in [1.82, 2.24) is 9.55 Å². The van der Waals surface area contributed by atoms with Gasteiger partial charge in [0.2, 0.25) is 5.95 Å². The maximum atomic E-state index is 4.52. The number of aromatic nitrogens is 2. The molecule has 0 saturated heterocycles. The average Bonchev–Trinajstić information content (AvgIpc) is 3.01. The summed E-state index contributed by atoms with van der Waals surface area (Å²) in [5.41, 5.74) is 5.19. The van der Waals surface area contributed by atoms with Gasteiger partial charge in [0.05, 0.1) is 5.69 Å². The molecule has 0 amide bonds. The molecule has 2 aromatic rings. The molecule has 3 nitrogen and oxygen atoms in total. The number of benzene rings is 1. The van der Waals surface area contributed by atoms with E-state index in [9.17, 15) is 0 Å². The van der Waals surface area contributed by atoms with Crippen molar-refractivity contribution >= 4 is 5.95 Å². The number of hydrogen-bond acceptors (Lipinski definition) is 2. The Hall–Kier alpha value is -2.03. The number of anilines is 1. The highest BCUT2D eigenvalue weighted by atomic mass is 15.2. The van der Waals surface area contributed by atoms with E-state index in [1.807, 2.05) is 13.0 Å². The third-order valence-corrected chi connectivity index (χ3v) is 3.59. The lowest BCUT2D eigenvalue weighted by molar-refractivity contribution is 0.911. The van der Waals surface area contributed by atoms with Gasteiger partial charge in [-0.2, -0.15) is 0 Å². The summed E-state index contributed by atoms with van der Waals surface area (Å²) in [6.45, 7) is 6.47. The molecule has 0 fully saturated rings. The van der Waals surface area contributed by atoms with Crippen LogP contribution in [0.2, 0.25) is 0 Å². The van der Waals surface area contributed by atoms with Gasteiger partial charge in [-0.3, -0.25) is 4.57 Å². The lowest BCUT2D eigenvalue weighted by atomic mass is 10.1. The second-order valence-electron chi connectivity index (χ2n) is 5.05. The summed E-state index contributed by atoms with van der Waals surface area (Å²) in [6.07, 6.45) is 7.62. The van der Waals surface area contributed by atoms with Gasteiger partial charge in [-0.1, -0.05) is 12.1 Å². The van der Waals surface area contributed by atoms with Crippen molar-refractivity contribution < 1.29 is 0 Å². The van der Waals surface area contributed by atoms with E-state index in [0.29, 0.717) is 0 Å². The van der Waals surface area contributed by atoms with Crippen molar-refractivity contribution in [1.29, 1.82) is 0 Å². The highest BCUT2D eigenvalue weighted by molar-refractivity contribution is 5.48. The molecule has 1 aliphatic rings. The maximum absolute atomic E-state index is 4.52. The third kappa shape index (κ3) is 2.28. The van der Waals surface area contributed by atoms with Crippen molar-refractivity contribution in [2.24, 2.45) is 0 Å². The Bertz CT molecular complexity index is 610.